The zero-order valence-electron chi connectivity index (χ0n) is 17.9. The van der Waals surface area contributed by atoms with Crippen LogP contribution in [0.4, 0.5) is 19.0 Å². The lowest BCUT2D eigenvalue weighted by molar-refractivity contribution is -0.152. The van der Waals surface area contributed by atoms with Gasteiger partial charge in [0.05, 0.1) is 12.1 Å². The van der Waals surface area contributed by atoms with E-state index in [0.29, 0.717) is 35.7 Å². The van der Waals surface area contributed by atoms with Crippen molar-refractivity contribution in [1.82, 2.24) is 15.1 Å². The van der Waals surface area contributed by atoms with Crippen LogP contribution in [0.1, 0.15) is 18.4 Å². The molecule has 2 aromatic carbocycles. The van der Waals surface area contributed by atoms with E-state index in [1.165, 1.54) is 6.07 Å². The highest BCUT2D eigenvalue weighted by Crippen LogP contribution is 2.38. The molecule has 4 rings (SSSR count). The summed E-state index contributed by atoms with van der Waals surface area (Å²) < 4.78 is 43.3. The number of rotatable bonds is 6. The maximum atomic E-state index is 13.0. The molecule has 0 radical (unpaired) electrons. The van der Waals surface area contributed by atoms with Crippen molar-refractivity contribution < 1.29 is 32.6 Å². The van der Waals surface area contributed by atoms with E-state index < -0.39 is 23.5 Å². The van der Waals surface area contributed by atoms with Gasteiger partial charge in [-0.15, -0.1) is 10.2 Å². The molecule has 3 aromatic rings. The molecule has 0 bridgehead atoms. The minimum Gasteiger partial charge on any atom is -0.507 e. The van der Waals surface area contributed by atoms with E-state index in [0.717, 1.165) is 18.9 Å². The summed E-state index contributed by atoms with van der Waals surface area (Å²) in [4.78, 5) is 23.8. The van der Waals surface area contributed by atoms with Gasteiger partial charge in [-0.2, -0.15) is 13.2 Å². The molecular weight excluding hydrogens is 453 g/mol. The van der Waals surface area contributed by atoms with Crippen molar-refractivity contribution in [3.8, 4) is 17.0 Å². The highest BCUT2D eigenvalue weighted by atomic mass is 19.4. The third-order valence-electron chi connectivity index (χ3n) is 5.65. The number of fused-ring (bicyclic) bond motifs is 1. The lowest BCUT2D eigenvalue weighted by Crippen LogP contribution is -2.44. The summed E-state index contributed by atoms with van der Waals surface area (Å²) in [6, 6.07) is 9.81. The first-order valence-corrected chi connectivity index (χ1v) is 10.5. The van der Waals surface area contributed by atoms with Crippen molar-refractivity contribution in [2.24, 2.45) is 0 Å². The number of likely N-dealkylation sites (tertiary alicyclic amines) is 1. The first-order chi connectivity index (χ1) is 16.3. The topological polar surface area (TPSA) is 105 Å². The maximum absolute atomic E-state index is 13.0. The summed E-state index contributed by atoms with van der Waals surface area (Å²) in [5.41, 5.74) is -0.557. The third kappa shape index (κ3) is 5.09. The summed E-state index contributed by atoms with van der Waals surface area (Å²) in [5.74, 6) is -0.685. The molecule has 0 unspecified atom stereocenters. The number of carbonyl (C=O) groups excluding carboxylic acids is 2. The number of nitrogens with zero attached hydrogens (tertiary/aromatic N) is 3. The van der Waals surface area contributed by atoms with Gasteiger partial charge in [0.2, 0.25) is 0 Å². The van der Waals surface area contributed by atoms with Gasteiger partial charge in [-0.3, -0.25) is 14.5 Å². The van der Waals surface area contributed by atoms with Crippen molar-refractivity contribution in [3.63, 3.8) is 0 Å². The third-order valence-corrected chi connectivity index (χ3v) is 5.65. The second-order valence-electron chi connectivity index (χ2n) is 7.98. The van der Waals surface area contributed by atoms with Gasteiger partial charge in [-0.1, -0.05) is 24.3 Å². The SMILES string of the molecule is O=COC(=O)CN1CCC[C@@H](Nc2nnc(-c3ccc(C(F)(F)F)cc3O)c3ccccc23)C1. The number of phenols is 1. The fourth-order valence-corrected chi connectivity index (χ4v) is 4.10. The van der Waals surface area contributed by atoms with E-state index in [2.05, 4.69) is 20.3 Å². The molecule has 1 aliphatic rings. The van der Waals surface area contributed by atoms with Crippen LogP contribution in [0.2, 0.25) is 0 Å². The van der Waals surface area contributed by atoms with E-state index in [9.17, 15) is 27.9 Å². The molecule has 1 aromatic heterocycles. The van der Waals surface area contributed by atoms with E-state index >= 15 is 0 Å². The molecule has 1 fully saturated rings. The number of piperidine rings is 1. The number of ether oxygens (including phenoxy) is 1. The number of aromatic hydroxyl groups is 1. The number of hydrogen-bond donors (Lipinski definition) is 2. The normalized spacial score (nSPS) is 16.9. The summed E-state index contributed by atoms with van der Waals surface area (Å²) in [5, 5.41) is 23.4. The number of alkyl halides is 3. The van der Waals surface area contributed by atoms with Crippen LogP contribution in [0.5, 0.6) is 5.75 Å². The van der Waals surface area contributed by atoms with Crippen LogP contribution >= 0.6 is 0 Å². The highest BCUT2D eigenvalue weighted by molar-refractivity contribution is 6.00. The largest absolute Gasteiger partial charge is 0.507 e. The van der Waals surface area contributed by atoms with Crippen LogP contribution in [-0.2, 0) is 20.5 Å². The first-order valence-electron chi connectivity index (χ1n) is 10.5. The first kappa shape index (κ1) is 23.4. The van der Waals surface area contributed by atoms with Crippen LogP contribution in [0, 0.1) is 0 Å². The summed E-state index contributed by atoms with van der Waals surface area (Å²) >= 11 is 0. The Balaban J connectivity index is 1.60. The predicted molar refractivity (Wildman–Crippen MR) is 117 cm³/mol. The summed E-state index contributed by atoms with van der Waals surface area (Å²) in [7, 11) is 0. The lowest BCUT2D eigenvalue weighted by atomic mass is 10.0. The Morgan fingerprint density at radius 2 is 1.97 bits per heavy atom. The highest BCUT2D eigenvalue weighted by Gasteiger charge is 2.31. The Morgan fingerprint density at radius 1 is 1.21 bits per heavy atom. The Labute approximate surface area is 192 Å². The Morgan fingerprint density at radius 3 is 2.68 bits per heavy atom. The molecule has 11 heteroatoms. The molecule has 1 aliphatic heterocycles. The van der Waals surface area contributed by atoms with Crippen molar-refractivity contribution in [1.29, 1.82) is 0 Å². The van der Waals surface area contributed by atoms with Crippen LogP contribution < -0.4 is 5.32 Å². The number of anilines is 1. The zero-order chi connectivity index (χ0) is 24.3. The van der Waals surface area contributed by atoms with Crippen LogP contribution in [0.3, 0.4) is 0 Å². The number of halogens is 3. The van der Waals surface area contributed by atoms with E-state index in [-0.39, 0.29) is 30.3 Å². The van der Waals surface area contributed by atoms with Gasteiger partial charge >= 0.3 is 18.6 Å². The number of phenolic OH excluding ortho intramolecular Hbond substituents is 1. The molecular formula is C23H21F3N4O4. The van der Waals surface area contributed by atoms with Crippen molar-refractivity contribution in [2.75, 3.05) is 25.0 Å². The van der Waals surface area contributed by atoms with Crippen molar-refractivity contribution in [2.45, 2.75) is 25.1 Å². The number of carbonyl (C=O) groups is 2. The molecule has 1 saturated heterocycles. The molecule has 178 valence electrons. The molecule has 0 amide bonds. The predicted octanol–water partition coefficient (Wildman–Crippen LogP) is 3.60. The van der Waals surface area contributed by atoms with Gasteiger partial charge in [-0.05, 0) is 37.6 Å². The second-order valence-corrected chi connectivity index (χ2v) is 7.98. The fourth-order valence-electron chi connectivity index (χ4n) is 4.10. The quantitative estimate of drug-likeness (QED) is 0.317. The van der Waals surface area contributed by atoms with Gasteiger partial charge < -0.3 is 15.2 Å². The lowest BCUT2D eigenvalue weighted by Gasteiger charge is -2.32. The summed E-state index contributed by atoms with van der Waals surface area (Å²) in [6.45, 7) is 1.31. The maximum Gasteiger partial charge on any atom is 0.416 e. The molecule has 34 heavy (non-hydrogen) atoms. The Bertz CT molecular complexity index is 1220. The smallest absolute Gasteiger partial charge is 0.416 e. The van der Waals surface area contributed by atoms with Gasteiger partial charge in [0, 0.05) is 28.9 Å². The molecule has 1 atom stereocenters. The summed E-state index contributed by atoms with van der Waals surface area (Å²) in [6.07, 6.45) is -2.94. The fraction of sp³-hybridized carbons (Fsp3) is 0.304. The van der Waals surface area contributed by atoms with Crippen molar-refractivity contribution in [3.05, 3.63) is 48.0 Å². The standard InChI is InChI=1S/C23H21F3N4O4/c24-23(25,26)14-7-8-18(19(32)10-14)21-16-5-1-2-6-17(16)22(29-28-21)27-15-4-3-9-30(11-15)12-20(33)34-13-31/h1-2,5-8,10,13,15,32H,3-4,9,11-12H2,(H,27,29)/t15-/m1/s1. The van der Waals surface area contributed by atoms with E-state index in [1.54, 1.807) is 24.3 Å². The van der Waals surface area contributed by atoms with Crippen LogP contribution in [0.15, 0.2) is 42.5 Å². The van der Waals surface area contributed by atoms with Gasteiger partial charge in [0.1, 0.15) is 11.4 Å². The number of esters is 1. The molecule has 8 nitrogen and oxygen atoms in total. The number of aromatic nitrogens is 2. The van der Waals surface area contributed by atoms with E-state index in [4.69, 9.17) is 0 Å². The zero-order valence-corrected chi connectivity index (χ0v) is 17.9. The second kappa shape index (κ2) is 9.64. The monoisotopic (exact) mass is 474 g/mol. The van der Waals surface area contributed by atoms with Crippen molar-refractivity contribution >= 4 is 29.0 Å². The molecule has 0 aliphatic carbocycles. The molecule has 0 spiro atoms. The minimum atomic E-state index is -4.57. The number of nitrogens with one attached hydrogen (secondary N) is 1. The Hall–Kier alpha value is -3.73. The van der Waals surface area contributed by atoms with Gasteiger partial charge in [0.25, 0.3) is 0 Å². The van der Waals surface area contributed by atoms with Crippen LogP contribution in [0.25, 0.3) is 22.0 Å². The van der Waals surface area contributed by atoms with Gasteiger partial charge in [-0.25, -0.2) is 0 Å². The number of benzene rings is 2. The Kier molecular flexibility index (Phi) is 6.64. The average Bonchev–Trinajstić information content (AvgIpc) is 2.79. The molecule has 0 saturated carbocycles. The van der Waals surface area contributed by atoms with Crippen LogP contribution in [-0.4, -0.2) is 58.3 Å². The molecule has 2 N–H and O–H groups in total. The van der Waals surface area contributed by atoms with E-state index in [1.807, 2.05) is 4.90 Å². The number of hydrogen-bond acceptors (Lipinski definition) is 8. The average molecular weight is 474 g/mol. The van der Waals surface area contributed by atoms with Gasteiger partial charge in [0.15, 0.2) is 5.82 Å². The molecule has 2 heterocycles. The minimum absolute atomic E-state index is 0.00448.